The smallest absolute Gasteiger partial charge is 0.241 e. The Morgan fingerprint density at radius 1 is 0.824 bits per heavy atom. The van der Waals surface area contributed by atoms with Crippen molar-refractivity contribution in [2.45, 2.75) is 52.0 Å². The molecule has 2 fully saturated rings. The molecular weight excluding hydrogens is 424 g/mol. The molecule has 0 atom stereocenters. The number of piperazine rings is 1. The molecule has 34 heavy (non-hydrogen) atoms. The first-order chi connectivity index (χ1) is 16.5. The molecule has 2 amide bonds. The fourth-order valence-electron chi connectivity index (χ4n) is 5.25. The molecule has 1 aliphatic carbocycles. The summed E-state index contributed by atoms with van der Waals surface area (Å²) < 4.78 is 0. The molecular formula is C28H38N4O2. The minimum absolute atomic E-state index is 0.0227. The predicted molar refractivity (Wildman–Crippen MR) is 138 cm³/mol. The van der Waals surface area contributed by atoms with Gasteiger partial charge in [0, 0.05) is 43.6 Å². The molecule has 0 bridgehead atoms. The maximum absolute atomic E-state index is 13.4. The number of anilines is 2. The zero-order valence-corrected chi connectivity index (χ0v) is 20.6. The monoisotopic (exact) mass is 462 g/mol. The average Bonchev–Trinajstić information content (AvgIpc) is 2.84. The lowest BCUT2D eigenvalue weighted by atomic mass is 9.93. The van der Waals surface area contributed by atoms with Crippen molar-refractivity contribution >= 4 is 23.2 Å². The number of nitrogens with zero attached hydrogens (tertiary/aromatic N) is 3. The minimum atomic E-state index is 0.0227. The van der Waals surface area contributed by atoms with Crippen LogP contribution in [-0.2, 0) is 9.59 Å². The summed E-state index contributed by atoms with van der Waals surface area (Å²) in [6, 6.07) is 16.5. The normalized spacial score (nSPS) is 17.9. The van der Waals surface area contributed by atoms with E-state index in [1.807, 2.05) is 50.2 Å². The van der Waals surface area contributed by atoms with Gasteiger partial charge >= 0.3 is 0 Å². The van der Waals surface area contributed by atoms with Gasteiger partial charge in [-0.1, -0.05) is 55.7 Å². The van der Waals surface area contributed by atoms with Gasteiger partial charge in [0.05, 0.1) is 13.1 Å². The predicted octanol–water partition coefficient (Wildman–Crippen LogP) is 4.23. The Morgan fingerprint density at radius 3 is 2.03 bits per heavy atom. The highest BCUT2D eigenvalue weighted by atomic mass is 16.2. The second-order valence-corrected chi connectivity index (χ2v) is 9.76. The number of para-hydroxylation sites is 2. The van der Waals surface area contributed by atoms with Crippen LogP contribution in [0.2, 0.25) is 0 Å². The van der Waals surface area contributed by atoms with E-state index in [4.69, 9.17) is 0 Å². The number of nitrogens with one attached hydrogen (secondary N) is 1. The van der Waals surface area contributed by atoms with Crippen molar-refractivity contribution in [1.82, 2.24) is 9.80 Å². The van der Waals surface area contributed by atoms with E-state index in [2.05, 4.69) is 32.1 Å². The van der Waals surface area contributed by atoms with Crippen LogP contribution in [0.3, 0.4) is 0 Å². The van der Waals surface area contributed by atoms with E-state index in [1.165, 1.54) is 19.3 Å². The quantitative estimate of drug-likeness (QED) is 0.669. The molecule has 1 aliphatic heterocycles. The second-order valence-electron chi connectivity index (χ2n) is 9.76. The zero-order valence-electron chi connectivity index (χ0n) is 20.6. The van der Waals surface area contributed by atoms with Crippen LogP contribution in [-0.4, -0.2) is 66.9 Å². The van der Waals surface area contributed by atoms with Crippen LogP contribution in [0.1, 0.15) is 43.2 Å². The number of aryl methyl sites for hydroxylation is 2. The Hall–Kier alpha value is -2.70. The standard InChI is InChI=1S/C28H38N4O2/c1-22-10-9-11-23(2)28(22)29-26(33)20-30-16-18-31(19-17-30)21-27(34)32(24-12-5-3-6-13-24)25-14-7-4-8-15-25/h3,5-6,9-13,25H,4,7-8,14-21H2,1-2H3,(H,29,33). The minimum Gasteiger partial charge on any atom is -0.324 e. The maximum Gasteiger partial charge on any atom is 0.241 e. The Labute approximate surface area is 203 Å². The van der Waals surface area contributed by atoms with Crippen LogP contribution in [0.15, 0.2) is 48.5 Å². The van der Waals surface area contributed by atoms with E-state index < -0.39 is 0 Å². The fourth-order valence-corrected chi connectivity index (χ4v) is 5.25. The lowest BCUT2D eigenvalue weighted by molar-refractivity contribution is -0.122. The maximum atomic E-state index is 13.4. The number of rotatable bonds is 7. The third-order valence-electron chi connectivity index (χ3n) is 7.18. The average molecular weight is 463 g/mol. The van der Waals surface area contributed by atoms with Gasteiger partial charge in [-0.15, -0.1) is 0 Å². The van der Waals surface area contributed by atoms with Crippen molar-refractivity contribution in [3.63, 3.8) is 0 Å². The van der Waals surface area contributed by atoms with Crippen LogP contribution in [0.5, 0.6) is 0 Å². The van der Waals surface area contributed by atoms with Gasteiger partial charge in [0.2, 0.25) is 11.8 Å². The van der Waals surface area contributed by atoms with Gasteiger partial charge < -0.3 is 10.2 Å². The summed E-state index contributed by atoms with van der Waals surface area (Å²) in [5.41, 5.74) is 4.09. The van der Waals surface area contributed by atoms with E-state index >= 15 is 0 Å². The molecule has 6 nitrogen and oxygen atoms in total. The highest BCUT2D eigenvalue weighted by molar-refractivity contribution is 5.95. The first-order valence-corrected chi connectivity index (χ1v) is 12.7. The molecule has 2 aromatic rings. The van der Waals surface area contributed by atoms with Crippen molar-refractivity contribution in [2.24, 2.45) is 0 Å². The number of hydrogen-bond donors (Lipinski definition) is 1. The molecule has 2 aliphatic rings. The van der Waals surface area contributed by atoms with Crippen LogP contribution in [0, 0.1) is 13.8 Å². The van der Waals surface area contributed by atoms with Gasteiger partial charge in [0.1, 0.15) is 0 Å². The molecule has 0 radical (unpaired) electrons. The first kappa shape index (κ1) is 24.4. The summed E-state index contributed by atoms with van der Waals surface area (Å²) in [6.07, 6.45) is 5.84. The molecule has 0 spiro atoms. The van der Waals surface area contributed by atoms with Crippen molar-refractivity contribution in [2.75, 3.05) is 49.5 Å². The summed E-state index contributed by atoms with van der Waals surface area (Å²) in [7, 11) is 0. The van der Waals surface area contributed by atoms with E-state index in [9.17, 15) is 9.59 Å². The number of carbonyl (C=O) groups is 2. The van der Waals surface area contributed by atoms with Gasteiger partial charge in [-0.3, -0.25) is 19.4 Å². The molecule has 1 saturated heterocycles. The van der Waals surface area contributed by atoms with Crippen molar-refractivity contribution in [1.29, 1.82) is 0 Å². The Kier molecular flexibility index (Phi) is 8.35. The van der Waals surface area contributed by atoms with E-state index in [-0.39, 0.29) is 11.8 Å². The number of amides is 2. The van der Waals surface area contributed by atoms with Crippen molar-refractivity contribution in [3.05, 3.63) is 59.7 Å². The van der Waals surface area contributed by atoms with Gasteiger partial charge in [-0.2, -0.15) is 0 Å². The van der Waals surface area contributed by atoms with Crippen LogP contribution >= 0.6 is 0 Å². The summed E-state index contributed by atoms with van der Waals surface area (Å²) in [5.74, 6) is 0.216. The van der Waals surface area contributed by atoms with Crippen LogP contribution < -0.4 is 10.2 Å². The topological polar surface area (TPSA) is 55.9 Å². The van der Waals surface area contributed by atoms with Gasteiger partial charge in [-0.05, 0) is 49.9 Å². The number of benzene rings is 2. The number of carbonyl (C=O) groups excluding carboxylic acids is 2. The number of hydrogen-bond acceptors (Lipinski definition) is 4. The molecule has 1 N–H and O–H groups in total. The highest BCUT2D eigenvalue weighted by Crippen LogP contribution is 2.27. The Bertz CT molecular complexity index is 943. The van der Waals surface area contributed by atoms with Crippen LogP contribution in [0.25, 0.3) is 0 Å². The van der Waals surface area contributed by atoms with Gasteiger partial charge in [0.25, 0.3) is 0 Å². The van der Waals surface area contributed by atoms with E-state index in [0.717, 1.165) is 61.5 Å². The van der Waals surface area contributed by atoms with Crippen molar-refractivity contribution < 1.29 is 9.59 Å². The molecule has 1 saturated carbocycles. The SMILES string of the molecule is Cc1cccc(C)c1NC(=O)CN1CCN(CC(=O)N(c2ccccc2)C2CCCCC2)CC1. The molecule has 4 rings (SSSR count). The van der Waals surface area contributed by atoms with Gasteiger partial charge in [-0.25, -0.2) is 0 Å². The third kappa shape index (κ3) is 6.24. The lowest BCUT2D eigenvalue weighted by Crippen LogP contribution is -2.53. The van der Waals surface area contributed by atoms with Gasteiger partial charge in [0.15, 0.2) is 0 Å². The summed E-state index contributed by atoms with van der Waals surface area (Å²) in [4.78, 5) is 32.6. The second kappa shape index (κ2) is 11.6. The van der Waals surface area contributed by atoms with Crippen LogP contribution in [0.4, 0.5) is 11.4 Å². The summed E-state index contributed by atoms with van der Waals surface area (Å²) in [5, 5.41) is 3.08. The highest BCUT2D eigenvalue weighted by Gasteiger charge is 2.29. The summed E-state index contributed by atoms with van der Waals surface area (Å²) in [6.45, 7) is 8.05. The molecule has 2 aromatic carbocycles. The summed E-state index contributed by atoms with van der Waals surface area (Å²) >= 11 is 0. The molecule has 182 valence electrons. The lowest BCUT2D eigenvalue weighted by Gasteiger charge is -2.38. The first-order valence-electron chi connectivity index (χ1n) is 12.7. The van der Waals surface area contributed by atoms with E-state index in [0.29, 0.717) is 19.1 Å². The molecule has 0 aromatic heterocycles. The molecule has 0 unspecified atom stereocenters. The molecule has 6 heteroatoms. The van der Waals surface area contributed by atoms with E-state index in [1.54, 1.807) is 0 Å². The molecule has 1 heterocycles. The Morgan fingerprint density at radius 2 is 1.41 bits per heavy atom. The Balaban J connectivity index is 1.29. The van der Waals surface area contributed by atoms with Crippen molar-refractivity contribution in [3.8, 4) is 0 Å². The zero-order chi connectivity index (χ0) is 23.9. The largest absolute Gasteiger partial charge is 0.324 e. The fraction of sp³-hybridized carbons (Fsp3) is 0.500. The third-order valence-corrected chi connectivity index (χ3v) is 7.18.